The molecule has 3 aromatic heterocycles. The van der Waals surface area contributed by atoms with Gasteiger partial charge < -0.3 is 19.4 Å². The molecular weight excluding hydrogens is 488 g/mol. The lowest BCUT2D eigenvalue weighted by Crippen LogP contribution is -2.62. The Kier molecular flexibility index (Phi) is 5.20. The van der Waals surface area contributed by atoms with Gasteiger partial charge in [0, 0.05) is 30.3 Å². The van der Waals surface area contributed by atoms with E-state index in [1.54, 1.807) is 0 Å². The largest absolute Gasteiger partial charge is 0.490 e. The Morgan fingerprint density at radius 2 is 1.95 bits per heavy atom. The summed E-state index contributed by atoms with van der Waals surface area (Å²) < 4.78 is 14.5. The first-order valence-electron chi connectivity index (χ1n) is 12.9. The van der Waals surface area contributed by atoms with Crippen LogP contribution in [0.15, 0.2) is 42.9 Å². The smallest absolute Gasteiger partial charge is 0.245 e. The monoisotopic (exact) mass is 516 g/mol. The van der Waals surface area contributed by atoms with Crippen molar-refractivity contribution in [2.75, 3.05) is 13.1 Å². The molecule has 37 heavy (non-hydrogen) atoms. The summed E-state index contributed by atoms with van der Waals surface area (Å²) in [4.78, 5) is 18.6. The number of fused-ring (bicyclic) bond motifs is 1. The molecule has 2 aliphatic carbocycles. The van der Waals surface area contributed by atoms with Gasteiger partial charge in [0.1, 0.15) is 23.5 Å². The van der Waals surface area contributed by atoms with Crippen LogP contribution >= 0.6 is 11.6 Å². The fourth-order valence-corrected chi connectivity index (χ4v) is 5.66. The zero-order valence-corrected chi connectivity index (χ0v) is 21.8. The van der Waals surface area contributed by atoms with E-state index in [2.05, 4.69) is 40.2 Å². The van der Waals surface area contributed by atoms with E-state index in [1.165, 1.54) is 6.33 Å². The van der Waals surface area contributed by atoms with Gasteiger partial charge in [0.15, 0.2) is 11.2 Å². The number of hydrogen-bond acceptors (Lipinski definition) is 7. The zero-order chi connectivity index (χ0) is 25.2. The Morgan fingerprint density at radius 3 is 2.65 bits per heavy atom. The van der Waals surface area contributed by atoms with Crippen LogP contribution in [0.2, 0.25) is 5.02 Å². The van der Waals surface area contributed by atoms with E-state index in [0.717, 1.165) is 61.3 Å². The maximum Gasteiger partial charge on any atom is 0.245 e. The average molecular weight is 517 g/mol. The third kappa shape index (κ3) is 4.22. The number of aromatic nitrogens is 5. The van der Waals surface area contributed by atoms with Crippen LogP contribution in [-0.4, -0.2) is 49.3 Å². The van der Waals surface area contributed by atoms with Crippen LogP contribution in [0, 0.1) is 12.3 Å². The van der Waals surface area contributed by atoms with Crippen molar-refractivity contribution >= 4 is 22.8 Å². The summed E-state index contributed by atoms with van der Waals surface area (Å²) in [6.07, 6.45) is 7.81. The number of pyridine rings is 1. The summed E-state index contributed by atoms with van der Waals surface area (Å²) in [5, 5.41) is 3.95. The van der Waals surface area contributed by atoms with Gasteiger partial charge in [-0.3, -0.25) is 4.98 Å². The van der Waals surface area contributed by atoms with Gasteiger partial charge in [-0.15, -0.1) is 0 Å². The van der Waals surface area contributed by atoms with E-state index < -0.39 is 0 Å². The van der Waals surface area contributed by atoms with Gasteiger partial charge in [0.2, 0.25) is 5.88 Å². The van der Waals surface area contributed by atoms with Gasteiger partial charge in [0.25, 0.3) is 0 Å². The molecule has 1 aliphatic heterocycles. The Balaban J connectivity index is 1.26. The fourth-order valence-electron chi connectivity index (χ4n) is 5.40. The second-order valence-corrected chi connectivity index (χ2v) is 11.5. The minimum absolute atomic E-state index is 0.185. The number of imidazole rings is 1. The summed E-state index contributed by atoms with van der Waals surface area (Å²) in [6, 6.07) is 9.91. The Morgan fingerprint density at radius 1 is 1.11 bits per heavy atom. The highest BCUT2D eigenvalue weighted by Crippen LogP contribution is 2.46. The lowest BCUT2D eigenvalue weighted by molar-refractivity contribution is -0.0495. The quantitative estimate of drug-likeness (QED) is 0.371. The molecule has 7 rings (SSSR count). The molecule has 190 valence electrons. The van der Waals surface area contributed by atoms with E-state index in [1.807, 2.05) is 35.0 Å². The van der Waals surface area contributed by atoms with E-state index in [4.69, 9.17) is 26.1 Å². The Bertz CT molecular complexity index is 1500. The van der Waals surface area contributed by atoms with Gasteiger partial charge in [-0.25, -0.2) is 9.97 Å². The Hall–Kier alpha value is -3.23. The van der Waals surface area contributed by atoms with E-state index in [9.17, 15) is 0 Å². The normalized spacial score (nSPS) is 19.4. The third-order valence-electron chi connectivity index (χ3n) is 7.89. The van der Waals surface area contributed by atoms with Crippen molar-refractivity contribution in [2.45, 2.75) is 57.8 Å². The minimum atomic E-state index is -0.185. The molecular formula is C28H29ClN6O2. The molecule has 0 bridgehead atoms. The number of hydrogen-bond donors (Lipinski definition) is 1. The minimum Gasteiger partial charge on any atom is -0.490 e. The molecule has 0 amide bonds. The summed E-state index contributed by atoms with van der Waals surface area (Å²) >= 11 is 6.86. The van der Waals surface area contributed by atoms with Crippen molar-refractivity contribution in [3.8, 4) is 23.0 Å². The Labute approximate surface area is 220 Å². The van der Waals surface area contributed by atoms with Gasteiger partial charge in [0.05, 0.1) is 23.4 Å². The SMILES string of the molecule is Cc1ccnc(Cn2c(-c3ccc(OC4CC5(CNC5)C4)cc3Cl)nc3c(OC4(C)CC4)ncnc32)c1. The van der Waals surface area contributed by atoms with Crippen molar-refractivity contribution in [2.24, 2.45) is 5.41 Å². The molecule has 1 spiro atoms. The standard InChI is InChI=1S/C28H29ClN6O2/c1-17-5-8-31-18(9-17)13-35-24(34-23-25(35)32-16-33-26(23)37-27(2)6-7-27)21-4-3-19(10-22(21)29)36-20-11-28(12-20)14-30-15-28/h3-5,8-10,16,20,30H,6-7,11-15H2,1-2H3. The van der Waals surface area contributed by atoms with Crippen molar-refractivity contribution in [1.82, 2.24) is 29.8 Å². The average Bonchev–Trinajstić information content (AvgIpc) is 3.43. The molecule has 1 N–H and O–H groups in total. The first-order chi connectivity index (χ1) is 17.9. The fraction of sp³-hybridized carbons (Fsp3) is 0.429. The van der Waals surface area contributed by atoms with Crippen molar-refractivity contribution in [1.29, 1.82) is 0 Å². The molecule has 0 atom stereocenters. The van der Waals surface area contributed by atoms with Crippen LogP contribution in [0.1, 0.15) is 43.9 Å². The third-order valence-corrected chi connectivity index (χ3v) is 8.21. The summed E-state index contributed by atoms with van der Waals surface area (Å²) in [6.45, 7) is 6.85. The summed E-state index contributed by atoms with van der Waals surface area (Å²) in [5.74, 6) is 1.99. The molecule has 1 aromatic carbocycles. The molecule has 1 saturated heterocycles. The van der Waals surface area contributed by atoms with Gasteiger partial charge in [-0.05, 0) is 75.4 Å². The predicted octanol–water partition coefficient (Wildman–Crippen LogP) is 4.96. The summed E-state index contributed by atoms with van der Waals surface area (Å²) in [7, 11) is 0. The molecule has 0 unspecified atom stereocenters. The van der Waals surface area contributed by atoms with Gasteiger partial charge >= 0.3 is 0 Å². The number of nitrogens with one attached hydrogen (secondary N) is 1. The van der Waals surface area contributed by atoms with Crippen LogP contribution in [0.25, 0.3) is 22.6 Å². The van der Waals surface area contributed by atoms with E-state index in [-0.39, 0.29) is 11.7 Å². The van der Waals surface area contributed by atoms with Gasteiger partial charge in [-0.1, -0.05) is 11.6 Å². The number of aryl methyl sites for hydroxylation is 1. The first kappa shape index (κ1) is 22.9. The number of nitrogens with zero attached hydrogens (tertiary/aromatic N) is 5. The molecule has 3 aliphatic rings. The van der Waals surface area contributed by atoms with E-state index in [0.29, 0.717) is 39.9 Å². The van der Waals surface area contributed by atoms with Crippen LogP contribution in [0.4, 0.5) is 0 Å². The summed E-state index contributed by atoms with van der Waals surface area (Å²) in [5.41, 5.74) is 4.46. The van der Waals surface area contributed by atoms with Crippen LogP contribution in [0.3, 0.4) is 0 Å². The van der Waals surface area contributed by atoms with Crippen molar-refractivity contribution in [3.63, 3.8) is 0 Å². The topological polar surface area (TPSA) is 87.0 Å². The highest BCUT2D eigenvalue weighted by Gasteiger charge is 2.49. The van der Waals surface area contributed by atoms with Crippen molar-refractivity contribution in [3.05, 3.63) is 59.1 Å². The lowest BCUT2D eigenvalue weighted by Gasteiger charge is -2.53. The van der Waals surface area contributed by atoms with Crippen molar-refractivity contribution < 1.29 is 9.47 Å². The first-order valence-corrected chi connectivity index (χ1v) is 13.3. The van der Waals surface area contributed by atoms with Gasteiger partial charge in [-0.2, -0.15) is 4.98 Å². The second-order valence-electron chi connectivity index (χ2n) is 11.1. The highest BCUT2D eigenvalue weighted by atomic mass is 35.5. The van der Waals surface area contributed by atoms with E-state index >= 15 is 0 Å². The second kappa shape index (κ2) is 8.39. The molecule has 2 saturated carbocycles. The molecule has 4 aromatic rings. The number of rotatable bonds is 7. The maximum absolute atomic E-state index is 6.86. The molecule has 9 heteroatoms. The zero-order valence-electron chi connectivity index (χ0n) is 21.0. The molecule has 0 radical (unpaired) electrons. The maximum atomic E-state index is 6.86. The van der Waals surface area contributed by atoms with Crippen LogP contribution in [-0.2, 0) is 6.54 Å². The number of ether oxygens (including phenoxy) is 2. The number of benzene rings is 1. The predicted molar refractivity (Wildman–Crippen MR) is 141 cm³/mol. The highest BCUT2D eigenvalue weighted by molar-refractivity contribution is 6.33. The number of halogens is 1. The lowest BCUT2D eigenvalue weighted by atomic mass is 9.63. The molecule has 3 fully saturated rings. The van der Waals surface area contributed by atoms with Crippen LogP contribution in [0.5, 0.6) is 11.6 Å². The molecule has 8 nitrogen and oxygen atoms in total. The molecule has 4 heterocycles. The van der Waals surface area contributed by atoms with Crippen LogP contribution < -0.4 is 14.8 Å².